The molecule has 1 aliphatic rings. The summed E-state index contributed by atoms with van der Waals surface area (Å²) in [5.41, 5.74) is 5.22. The highest BCUT2D eigenvalue weighted by Crippen LogP contribution is 2.50. The first-order valence-corrected chi connectivity index (χ1v) is 6.75. The Kier molecular flexibility index (Phi) is 2.54. The van der Waals surface area contributed by atoms with Crippen LogP contribution in [0.1, 0.15) is 29.0 Å². The molecule has 1 aromatic heterocycles. The van der Waals surface area contributed by atoms with E-state index in [1.54, 1.807) is 0 Å². The normalized spacial score (nSPS) is 21.1. The standard InChI is InChI=1S/C17H14N2O/c1-11-6-8-12(9-7-11)16-17(20-16)15-10-18-13-4-2-3-5-14(13)19-15/h2-10,16-17H,1H3/t16-,17-/m1/s1. The number of epoxide rings is 1. The van der Waals surface area contributed by atoms with Gasteiger partial charge in [-0.25, -0.2) is 4.98 Å². The largest absolute Gasteiger partial charge is 0.358 e. The number of benzene rings is 2. The summed E-state index contributed by atoms with van der Waals surface area (Å²) < 4.78 is 5.78. The Morgan fingerprint density at radius 1 is 0.900 bits per heavy atom. The number of aryl methyl sites for hydroxylation is 1. The Morgan fingerprint density at radius 3 is 2.45 bits per heavy atom. The Labute approximate surface area is 117 Å². The van der Waals surface area contributed by atoms with Gasteiger partial charge in [-0.15, -0.1) is 0 Å². The topological polar surface area (TPSA) is 38.3 Å². The van der Waals surface area contributed by atoms with Crippen molar-refractivity contribution in [2.75, 3.05) is 0 Å². The van der Waals surface area contributed by atoms with Crippen LogP contribution in [0, 0.1) is 6.92 Å². The summed E-state index contributed by atoms with van der Waals surface area (Å²) >= 11 is 0. The van der Waals surface area contributed by atoms with E-state index < -0.39 is 0 Å². The lowest BCUT2D eigenvalue weighted by Crippen LogP contribution is -1.92. The van der Waals surface area contributed by atoms with Gasteiger partial charge in [-0.2, -0.15) is 0 Å². The van der Waals surface area contributed by atoms with Gasteiger partial charge in [0.2, 0.25) is 0 Å². The van der Waals surface area contributed by atoms with Crippen molar-refractivity contribution in [2.45, 2.75) is 19.1 Å². The molecule has 0 N–H and O–H groups in total. The molecule has 4 rings (SSSR count). The van der Waals surface area contributed by atoms with Gasteiger partial charge in [-0.3, -0.25) is 4.98 Å². The molecule has 3 nitrogen and oxygen atoms in total. The lowest BCUT2D eigenvalue weighted by Gasteiger charge is -2.00. The molecule has 2 aromatic carbocycles. The van der Waals surface area contributed by atoms with E-state index in [9.17, 15) is 0 Å². The predicted molar refractivity (Wildman–Crippen MR) is 77.3 cm³/mol. The summed E-state index contributed by atoms with van der Waals surface area (Å²) in [7, 11) is 0. The summed E-state index contributed by atoms with van der Waals surface area (Å²) in [5.74, 6) is 0. The van der Waals surface area contributed by atoms with E-state index in [0.29, 0.717) is 0 Å². The van der Waals surface area contributed by atoms with Gasteiger partial charge in [-0.05, 0) is 24.6 Å². The quantitative estimate of drug-likeness (QED) is 0.660. The van der Waals surface area contributed by atoms with E-state index in [0.717, 1.165) is 16.7 Å². The number of fused-ring (bicyclic) bond motifs is 1. The maximum Gasteiger partial charge on any atom is 0.132 e. The Morgan fingerprint density at radius 2 is 1.65 bits per heavy atom. The Bertz CT molecular complexity index is 767. The molecule has 1 saturated heterocycles. The monoisotopic (exact) mass is 262 g/mol. The maximum absolute atomic E-state index is 5.78. The number of aromatic nitrogens is 2. The van der Waals surface area contributed by atoms with E-state index in [-0.39, 0.29) is 12.2 Å². The van der Waals surface area contributed by atoms with Crippen LogP contribution in [0.15, 0.2) is 54.7 Å². The van der Waals surface area contributed by atoms with E-state index in [1.807, 2.05) is 30.5 Å². The second-order valence-corrected chi connectivity index (χ2v) is 5.17. The number of rotatable bonds is 2. The van der Waals surface area contributed by atoms with Crippen molar-refractivity contribution in [2.24, 2.45) is 0 Å². The third-order valence-electron chi connectivity index (χ3n) is 3.66. The van der Waals surface area contributed by atoms with Gasteiger partial charge in [0.05, 0.1) is 22.9 Å². The molecule has 1 fully saturated rings. The highest BCUT2D eigenvalue weighted by atomic mass is 16.6. The summed E-state index contributed by atoms with van der Waals surface area (Å²) in [5, 5.41) is 0. The first-order chi connectivity index (χ1) is 9.81. The van der Waals surface area contributed by atoms with E-state index in [1.165, 1.54) is 11.1 Å². The molecule has 1 aliphatic heterocycles. The second-order valence-electron chi connectivity index (χ2n) is 5.17. The Hall–Kier alpha value is -2.26. The molecule has 0 amide bonds. The van der Waals surface area contributed by atoms with Gasteiger partial charge >= 0.3 is 0 Å². The van der Waals surface area contributed by atoms with Crippen molar-refractivity contribution in [1.82, 2.24) is 9.97 Å². The fourth-order valence-corrected chi connectivity index (χ4v) is 2.46. The fourth-order valence-electron chi connectivity index (χ4n) is 2.46. The zero-order valence-corrected chi connectivity index (χ0v) is 11.2. The molecular formula is C17H14N2O. The van der Waals surface area contributed by atoms with E-state index in [4.69, 9.17) is 4.74 Å². The van der Waals surface area contributed by atoms with E-state index >= 15 is 0 Å². The van der Waals surface area contributed by atoms with Crippen LogP contribution in [0.4, 0.5) is 0 Å². The molecule has 3 aromatic rings. The minimum atomic E-state index is 0.0369. The highest BCUT2D eigenvalue weighted by molar-refractivity contribution is 5.73. The van der Waals surface area contributed by atoms with Crippen molar-refractivity contribution in [3.63, 3.8) is 0 Å². The molecule has 0 saturated carbocycles. The zero-order valence-electron chi connectivity index (χ0n) is 11.2. The van der Waals surface area contributed by atoms with Gasteiger partial charge < -0.3 is 4.74 Å². The molecular weight excluding hydrogens is 248 g/mol. The lowest BCUT2D eigenvalue weighted by atomic mass is 10.1. The van der Waals surface area contributed by atoms with Gasteiger partial charge in [-0.1, -0.05) is 42.0 Å². The van der Waals surface area contributed by atoms with Crippen molar-refractivity contribution >= 4 is 11.0 Å². The molecule has 0 spiro atoms. The summed E-state index contributed by atoms with van der Waals surface area (Å²) in [6, 6.07) is 16.4. The van der Waals surface area contributed by atoms with Crippen LogP contribution in [0.25, 0.3) is 11.0 Å². The van der Waals surface area contributed by atoms with Crippen LogP contribution >= 0.6 is 0 Å². The number of hydrogen-bond acceptors (Lipinski definition) is 3. The highest BCUT2D eigenvalue weighted by Gasteiger charge is 2.42. The molecule has 0 radical (unpaired) electrons. The van der Waals surface area contributed by atoms with Gasteiger partial charge in [0.25, 0.3) is 0 Å². The SMILES string of the molecule is Cc1ccc([C@H]2O[C@@H]2c2cnc3ccccc3n2)cc1. The molecule has 20 heavy (non-hydrogen) atoms. The number of hydrogen-bond donors (Lipinski definition) is 0. The lowest BCUT2D eigenvalue weighted by molar-refractivity contribution is 0.375. The van der Waals surface area contributed by atoms with Gasteiger partial charge in [0.15, 0.2) is 0 Å². The molecule has 2 heterocycles. The summed E-state index contributed by atoms with van der Waals surface area (Å²) in [6.07, 6.45) is 1.97. The van der Waals surface area contributed by atoms with Crippen molar-refractivity contribution in [3.05, 3.63) is 71.5 Å². The van der Waals surface area contributed by atoms with Crippen molar-refractivity contribution in [3.8, 4) is 0 Å². The number of para-hydroxylation sites is 2. The zero-order chi connectivity index (χ0) is 13.5. The van der Waals surface area contributed by atoms with E-state index in [2.05, 4.69) is 41.2 Å². The minimum absolute atomic E-state index is 0.0369. The van der Waals surface area contributed by atoms with Gasteiger partial charge in [0.1, 0.15) is 12.2 Å². The average Bonchev–Trinajstić information content (AvgIpc) is 3.28. The Balaban J connectivity index is 1.63. The van der Waals surface area contributed by atoms with Crippen molar-refractivity contribution < 1.29 is 4.74 Å². The smallest absolute Gasteiger partial charge is 0.132 e. The number of nitrogens with zero attached hydrogens (tertiary/aromatic N) is 2. The molecule has 2 atom stereocenters. The average molecular weight is 262 g/mol. The van der Waals surface area contributed by atoms with Crippen molar-refractivity contribution in [1.29, 1.82) is 0 Å². The molecule has 3 heteroatoms. The minimum Gasteiger partial charge on any atom is -0.358 e. The summed E-state index contributed by atoms with van der Waals surface area (Å²) in [4.78, 5) is 9.09. The van der Waals surface area contributed by atoms with Crippen LogP contribution in [0.3, 0.4) is 0 Å². The number of ether oxygens (including phenoxy) is 1. The molecule has 98 valence electrons. The first-order valence-electron chi connectivity index (χ1n) is 6.75. The fraction of sp³-hybridized carbons (Fsp3) is 0.176. The summed E-state index contributed by atoms with van der Waals surface area (Å²) in [6.45, 7) is 2.09. The van der Waals surface area contributed by atoms with Crippen LogP contribution in [-0.4, -0.2) is 9.97 Å². The molecule has 0 aliphatic carbocycles. The predicted octanol–water partition coefficient (Wildman–Crippen LogP) is 3.75. The third kappa shape index (κ3) is 1.96. The molecule has 0 bridgehead atoms. The third-order valence-corrected chi connectivity index (χ3v) is 3.66. The molecule has 0 unspecified atom stereocenters. The maximum atomic E-state index is 5.78. The van der Waals surface area contributed by atoms with Crippen LogP contribution in [0.5, 0.6) is 0 Å². The second kappa shape index (κ2) is 4.39. The van der Waals surface area contributed by atoms with Crippen LogP contribution < -0.4 is 0 Å². The van der Waals surface area contributed by atoms with Crippen LogP contribution in [-0.2, 0) is 4.74 Å². The van der Waals surface area contributed by atoms with Gasteiger partial charge in [0, 0.05) is 0 Å². The first kappa shape index (κ1) is 11.6. The van der Waals surface area contributed by atoms with Crippen LogP contribution in [0.2, 0.25) is 0 Å².